The van der Waals surface area contributed by atoms with E-state index < -0.39 is 0 Å². The molecule has 1 aromatic heterocycles. The number of carbonyl (C=O) groups is 1. The van der Waals surface area contributed by atoms with E-state index in [0.717, 1.165) is 5.56 Å². The van der Waals surface area contributed by atoms with Crippen molar-refractivity contribution in [1.82, 2.24) is 9.88 Å². The number of amides is 1. The van der Waals surface area contributed by atoms with Crippen molar-refractivity contribution in [2.24, 2.45) is 0 Å². The van der Waals surface area contributed by atoms with E-state index in [4.69, 9.17) is 10.2 Å². The van der Waals surface area contributed by atoms with Crippen LogP contribution in [0.15, 0.2) is 24.5 Å². The van der Waals surface area contributed by atoms with Crippen LogP contribution in [0.4, 0.5) is 0 Å². The van der Waals surface area contributed by atoms with Gasteiger partial charge in [-0.15, -0.1) is 0 Å². The topological polar surface area (TPSA) is 73.7 Å². The van der Waals surface area contributed by atoms with E-state index in [9.17, 15) is 4.79 Å². The number of carbonyl (C=O) groups excluding carboxylic acids is 1. The van der Waals surface area contributed by atoms with Crippen LogP contribution in [0.2, 0.25) is 0 Å². The summed E-state index contributed by atoms with van der Waals surface area (Å²) >= 11 is 0. The minimum atomic E-state index is -0.115. The van der Waals surface area contributed by atoms with Gasteiger partial charge in [-0.3, -0.25) is 9.78 Å². The highest BCUT2D eigenvalue weighted by molar-refractivity contribution is 5.78. The molecular weight excluding hydrogens is 208 g/mol. The van der Waals surface area contributed by atoms with Gasteiger partial charge in [0, 0.05) is 25.5 Å². The summed E-state index contributed by atoms with van der Waals surface area (Å²) in [6, 6.07) is 3.59. The van der Waals surface area contributed by atoms with E-state index in [-0.39, 0.29) is 38.6 Å². The van der Waals surface area contributed by atoms with Gasteiger partial charge in [-0.1, -0.05) is 6.07 Å². The second-order valence-corrected chi connectivity index (χ2v) is 3.37. The predicted molar refractivity (Wildman–Crippen MR) is 58.7 cm³/mol. The lowest BCUT2D eigenvalue weighted by atomic mass is 10.2. The van der Waals surface area contributed by atoms with Crippen molar-refractivity contribution in [2.45, 2.75) is 6.42 Å². The van der Waals surface area contributed by atoms with Crippen LogP contribution in [0, 0.1) is 0 Å². The molecule has 0 fully saturated rings. The van der Waals surface area contributed by atoms with Gasteiger partial charge in [-0.05, 0) is 11.6 Å². The molecule has 2 N–H and O–H groups in total. The molecule has 0 atom stereocenters. The van der Waals surface area contributed by atoms with Crippen molar-refractivity contribution in [3.05, 3.63) is 30.1 Å². The van der Waals surface area contributed by atoms with Crippen LogP contribution < -0.4 is 0 Å². The summed E-state index contributed by atoms with van der Waals surface area (Å²) in [6.45, 7) is 0.302. The fraction of sp³-hybridized carbons (Fsp3) is 0.455. The summed E-state index contributed by atoms with van der Waals surface area (Å²) in [7, 11) is 0. The third-order valence-electron chi connectivity index (χ3n) is 2.17. The molecule has 5 nitrogen and oxygen atoms in total. The van der Waals surface area contributed by atoms with E-state index in [1.165, 1.54) is 4.90 Å². The molecule has 5 heteroatoms. The zero-order chi connectivity index (χ0) is 11.8. The zero-order valence-corrected chi connectivity index (χ0v) is 9.04. The third-order valence-corrected chi connectivity index (χ3v) is 2.17. The van der Waals surface area contributed by atoms with Gasteiger partial charge in [-0.2, -0.15) is 0 Å². The maximum Gasteiger partial charge on any atom is 0.227 e. The van der Waals surface area contributed by atoms with Crippen LogP contribution in [-0.2, 0) is 11.2 Å². The van der Waals surface area contributed by atoms with Crippen LogP contribution in [0.1, 0.15) is 5.56 Å². The van der Waals surface area contributed by atoms with Gasteiger partial charge >= 0.3 is 0 Å². The van der Waals surface area contributed by atoms with Crippen molar-refractivity contribution in [3.8, 4) is 0 Å². The Morgan fingerprint density at radius 1 is 1.31 bits per heavy atom. The van der Waals surface area contributed by atoms with E-state index in [0.29, 0.717) is 0 Å². The second-order valence-electron chi connectivity index (χ2n) is 3.37. The van der Waals surface area contributed by atoms with Crippen molar-refractivity contribution < 1.29 is 15.0 Å². The molecule has 0 aliphatic rings. The first kappa shape index (κ1) is 12.6. The van der Waals surface area contributed by atoms with E-state index in [1.54, 1.807) is 18.5 Å². The van der Waals surface area contributed by atoms with Gasteiger partial charge < -0.3 is 15.1 Å². The number of pyridine rings is 1. The first-order valence-electron chi connectivity index (χ1n) is 5.16. The fourth-order valence-corrected chi connectivity index (χ4v) is 1.39. The molecule has 16 heavy (non-hydrogen) atoms. The summed E-state index contributed by atoms with van der Waals surface area (Å²) in [6.07, 6.45) is 3.52. The number of aliphatic hydroxyl groups is 2. The summed E-state index contributed by atoms with van der Waals surface area (Å²) in [5.74, 6) is -0.115. The van der Waals surface area contributed by atoms with Crippen LogP contribution in [0.5, 0.6) is 0 Å². The van der Waals surface area contributed by atoms with Gasteiger partial charge in [-0.25, -0.2) is 0 Å². The fourth-order valence-electron chi connectivity index (χ4n) is 1.39. The van der Waals surface area contributed by atoms with Crippen molar-refractivity contribution in [2.75, 3.05) is 26.3 Å². The molecule has 1 heterocycles. The number of rotatable bonds is 6. The van der Waals surface area contributed by atoms with Gasteiger partial charge in [0.1, 0.15) is 0 Å². The van der Waals surface area contributed by atoms with Gasteiger partial charge in [0.05, 0.1) is 19.6 Å². The Labute approximate surface area is 94.4 Å². The molecule has 0 aliphatic heterocycles. The standard InChI is InChI=1S/C11H16N2O3/c14-6-4-13(5-7-15)11(16)8-10-2-1-3-12-9-10/h1-3,9,14-15H,4-8H2. The monoisotopic (exact) mass is 224 g/mol. The summed E-state index contributed by atoms with van der Waals surface area (Å²) in [5.41, 5.74) is 0.827. The Bertz CT molecular complexity index is 310. The SMILES string of the molecule is O=C(Cc1cccnc1)N(CCO)CCO. The largest absolute Gasteiger partial charge is 0.395 e. The van der Waals surface area contributed by atoms with Crippen molar-refractivity contribution >= 4 is 5.91 Å². The van der Waals surface area contributed by atoms with Crippen molar-refractivity contribution in [1.29, 1.82) is 0 Å². The second kappa shape index (κ2) is 6.92. The molecule has 0 saturated carbocycles. The maximum atomic E-state index is 11.8. The highest BCUT2D eigenvalue weighted by atomic mass is 16.3. The lowest BCUT2D eigenvalue weighted by Gasteiger charge is -2.20. The Morgan fingerprint density at radius 3 is 2.50 bits per heavy atom. The van der Waals surface area contributed by atoms with Crippen LogP contribution >= 0.6 is 0 Å². The number of aliphatic hydroxyl groups excluding tert-OH is 2. The zero-order valence-electron chi connectivity index (χ0n) is 9.04. The lowest BCUT2D eigenvalue weighted by Crippen LogP contribution is -2.36. The minimum absolute atomic E-state index is 0.0984. The van der Waals surface area contributed by atoms with E-state index >= 15 is 0 Å². The van der Waals surface area contributed by atoms with Gasteiger partial charge in [0.15, 0.2) is 0 Å². The molecule has 0 aliphatic carbocycles. The minimum Gasteiger partial charge on any atom is -0.395 e. The molecule has 1 aromatic rings. The van der Waals surface area contributed by atoms with Crippen molar-refractivity contribution in [3.63, 3.8) is 0 Å². The third kappa shape index (κ3) is 3.96. The highest BCUT2D eigenvalue weighted by Crippen LogP contribution is 2.01. The summed E-state index contributed by atoms with van der Waals surface area (Å²) in [4.78, 5) is 17.1. The van der Waals surface area contributed by atoms with Crippen LogP contribution in [0.25, 0.3) is 0 Å². The van der Waals surface area contributed by atoms with E-state index in [1.807, 2.05) is 6.07 Å². The van der Waals surface area contributed by atoms with E-state index in [2.05, 4.69) is 4.98 Å². The summed E-state index contributed by atoms with van der Waals surface area (Å²) in [5, 5.41) is 17.6. The quantitative estimate of drug-likeness (QED) is 0.679. The molecule has 88 valence electrons. The lowest BCUT2D eigenvalue weighted by molar-refractivity contribution is -0.131. The number of hydrogen-bond donors (Lipinski definition) is 2. The molecule has 0 radical (unpaired) electrons. The smallest absolute Gasteiger partial charge is 0.227 e. The summed E-state index contributed by atoms with van der Waals surface area (Å²) < 4.78 is 0. The number of aromatic nitrogens is 1. The Kier molecular flexibility index (Phi) is 5.45. The molecule has 0 aromatic carbocycles. The molecular formula is C11H16N2O3. The highest BCUT2D eigenvalue weighted by Gasteiger charge is 2.12. The Morgan fingerprint density at radius 2 is 2.00 bits per heavy atom. The average Bonchev–Trinajstić information content (AvgIpc) is 2.30. The Hall–Kier alpha value is -1.46. The predicted octanol–water partition coefficient (Wildman–Crippen LogP) is -0.563. The first-order chi connectivity index (χ1) is 7.77. The van der Waals surface area contributed by atoms with Gasteiger partial charge in [0.2, 0.25) is 5.91 Å². The van der Waals surface area contributed by atoms with Gasteiger partial charge in [0.25, 0.3) is 0 Å². The maximum absolute atomic E-state index is 11.8. The number of hydrogen-bond acceptors (Lipinski definition) is 4. The molecule has 0 saturated heterocycles. The molecule has 1 amide bonds. The molecule has 0 spiro atoms. The normalized spacial score (nSPS) is 10.1. The van der Waals surface area contributed by atoms with Crippen LogP contribution in [0.3, 0.4) is 0 Å². The molecule has 0 unspecified atom stereocenters. The number of nitrogens with zero attached hydrogens (tertiary/aromatic N) is 2. The van der Waals surface area contributed by atoms with Crippen LogP contribution in [-0.4, -0.2) is 52.3 Å². The molecule has 1 rings (SSSR count). The first-order valence-corrected chi connectivity index (χ1v) is 5.16. The Balaban J connectivity index is 2.55. The molecule has 0 bridgehead atoms. The average molecular weight is 224 g/mol.